The van der Waals surface area contributed by atoms with Crippen LogP contribution in [0.1, 0.15) is 27.0 Å². The molecule has 4 nitrogen and oxygen atoms in total. The summed E-state index contributed by atoms with van der Waals surface area (Å²) < 4.78 is 39.0. The van der Waals surface area contributed by atoms with Crippen molar-refractivity contribution in [2.24, 2.45) is 0 Å². The molecule has 0 aromatic heterocycles. The van der Waals surface area contributed by atoms with Crippen LogP contribution in [0, 0.1) is 18.3 Å². The largest absolute Gasteiger partial charge is 0.418 e. The molecule has 7 heteroatoms. The number of anilines is 1. The van der Waals surface area contributed by atoms with Crippen molar-refractivity contribution in [1.29, 1.82) is 5.26 Å². The van der Waals surface area contributed by atoms with Gasteiger partial charge in [0.2, 0.25) is 0 Å². The van der Waals surface area contributed by atoms with Gasteiger partial charge in [0.1, 0.15) is 0 Å². The molecule has 23 heavy (non-hydrogen) atoms. The van der Waals surface area contributed by atoms with E-state index >= 15 is 0 Å². The molecule has 0 saturated carbocycles. The highest BCUT2D eigenvalue weighted by Crippen LogP contribution is 2.35. The average Bonchev–Trinajstić information content (AvgIpc) is 2.52. The van der Waals surface area contributed by atoms with Crippen molar-refractivity contribution < 1.29 is 18.0 Å². The monoisotopic (exact) mass is 319 g/mol. The predicted molar refractivity (Wildman–Crippen MR) is 78.4 cm³/mol. The van der Waals surface area contributed by atoms with Crippen LogP contribution in [-0.4, -0.2) is 5.91 Å². The molecule has 0 unspecified atom stereocenters. The van der Waals surface area contributed by atoms with Gasteiger partial charge in [0.25, 0.3) is 5.91 Å². The van der Waals surface area contributed by atoms with E-state index in [9.17, 15) is 18.0 Å². The molecule has 2 rings (SSSR count). The van der Waals surface area contributed by atoms with Crippen LogP contribution in [0.4, 0.5) is 18.9 Å². The van der Waals surface area contributed by atoms with Gasteiger partial charge in [0.05, 0.1) is 22.9 Å². The van der Waals surface area contributed by atoms with Crippen LogP contribution in [0.2, 0.25) is 0 Å². The van der Waals surface area contributed by atoms with Gasteiger partial charge in [-0.15, -0.1) is 0 Å². The molecule has 2 N–H and O–H groups in total. The van der Waals surface area contributed by atoms with Crippen molar-refractivity contribution >= 4 is 11.6 Å². The summed E-state index contributed by atoms with van der Waals surface area (Å²) in [5.74, 6) is -0.567. The summed E-state index contributed by atoms with van der Waals surface area (Å²) >= 11 is 0. The van der Waals surface area contributed by atoms with E-state index in [1.165, 1.54) is 6.07 Å². The molecule has 0 atom stereocenters. The minimum atomic E-state index is -4.65. The van der Waals surface area contributed by atoms with Crippen molar-refractivity contribution in [3.8, 4) is 6.07 Å². The van der Waals surface area contributed by atoms with Gasteiger partial charge in [-0.2, -0.15) is 18.4 Å². The van der Waals surface area contributed by atoms with Gasteiger partial charge in [-0.05, 0) is 37.3 Å². The number of nitrogens with one attached hydrogen (secondary N) is 2. The second-order valence-corrected chi connectivity index (χ2v) is 4.82. The van der Waals surface area contributed by atoms with Crippen molar-refractivity contribution in [2.75, 3.05) is 5.43 Å². The zero-order valence-electron chi connectivity index (χ0n) is 12.0. The Hall–Kier alpha value is -3.01. The number of aryl methyl sites for hydroxylation is 1. The van der Waals surface area contributed by atoms with E-state index in [1.807, 2.05) is 6.92 Å². The lowest BCUT2D eigenvalue weighted by molar-refractivity contribution is -0.137. The average molecular weight is 319 g/mol. The number of benzene rings is 2. The second kappa shape index (κ2) is 6.40. The van der Waals surface area contributed by atoms with Crippen molar-refractivity contribution in [3.05, 3.63) is 64.7 Å². The zero-order chi connectivity index (χ0) is 17.0. The van der Waals surface area contributed by atoms with Crippen LogP contribution in [0.3, 0.4) is 0 Å². The van der Waals surface area contributed by atoms with Crippen molar-refractivity contribution in [2.45, 2.75) is 13.1 Å². The molecule has 2 aromatic carbocycles. The Balaban J connectivity index is 2.19. The van der Waals surface area contributed by atoms with Gasteiger partial charge in [0.15, 0.2) is 0 Å². The van der Waals surface area contributed by atoms with E-state index in [2.05, 4.69) is 10.9 Å². The minimum Gasteiger partial charge on any atom is -0.298 e. The normalized spacial score (nSPS) is 10.7. The Bertz CT molecular complexity index is 762. The molecular formula is C16H12F3N3O. The Morgan fingerprint density at radius 3 is 2.35 bits per heavy atom. The fraction of sp³-hybridized carbons (Fsp3) is 0.125. The summed E-state index contributed by atoms with van der Waals surface area (Å²) in [6, 6.07) is 11.3. The van der Waals surface area contributed by atoms with Crippen LogP contribution in [0.25, 0.3) is 0 Å². The molecule has 0 fully saturated rings. The highest BCUT2D eigenvalue weighted by atomic mass is 19.4. The van der Waals surface area contributed by atoms with Gasteiger partial charge in [-0.25, -0.2) is 0 Å². The number of carbonyl (C=O) groups excluding carboxylic acids is 1. The number of hydrazine groups is 1. The lowest BCUT2D eigenvalue weighted by Gasteiger charge is -2.15. The summed E-state index contributed by atoms with van der Waals surface area (Å²) in [6.45, 7) is 1.85. The molecule has 0 bridgehead atoms. The Kier molecular flexibility index (Phi) is 4.55. The first-order valence-electron chi connectivity index (χ1n) is 6.55. The first-order valence-corrected chi connectivity index (χ1v) is 6.55. The van der Waals surface area contributed by atoms with E-state index in [1.54, 1.807) is 30.3 Å². The molecule has 0 saturated heterocycles. The maximum atomic E-state index is 13.0. The first kappa shape index (κ1) is 16.4. The lowest BCUT2D eigenvalue weighted by Crippen LogP contribution is -2.30. The number of carbonyl (C=O) groups is 1. The van der Waals surface area contributed by atoms with Crippen molar-refractivity contribution in [1.82, 2.24) is 5.43 Å². The third-order valence-electron chi connectivity index (χ3n) is 3.08. The molecule has 2 aromatic rings. The quantitative estimate of drug-likeness (QED) is 0.849. The molecular weight excluding hydrogens is 307 g/mol. The highest BCUT2D eigenvalue weighted by Gasteiger charge is 2.34. The minimum absolute atomic E-state index is 0.118. The molecule has 1 amide bonds. The summed E-state index contributed by atoms with van der Waals surface area (Å²) in [4.78, 5) is 11.9. The van der Waals surface area contributed by atoms with E-state index in [0.29, 0.717) is 5.56 Å². The third-order valence-corrected chi connectivity index (χ3v) is 3.08. The summed E-state index contributed by atoms with van der Waals surface area (Å²) in [5, 5.41) is 8.70. The number of nitrogens with zero attached hydrogens (tertiary/aromatic N) is 1. The number of hydrogen-bond donors (Lipinski definition) is 2. The Morgan fingerprint density at radius 1 is 1.13 bits per heavy atom. The van der Waals surface area contributed by atoms with Gasteiger partial charge in [-0.3, -0.25) is 15.6 Å². The number of halogens is 3. The molecule has 0 aliphatic rings. The van der Waals surface area contributed by atoms with Crippen LogP contribution in [0.5, 0.6) is 0 Å². The first-order chi connectivity index (χ1) is 10.8. The summed E-state index contributed by atoms with van der Waals surface area (Å²) in [5.41, 5.74) is 4.26. The second-order valence-electron chi connectivity index (χ2n) is 4.82. The zero-order valence-corrected chi connectivity index (χ0v) is 12.0. The molecule has 118 valence electrons. The van der Waals surface area contributed by atoms with Crippen LogP contribution in [-0.2, 0) is 6.18 Å². The Morgan fingerprint density at radius 2 is 1.78 bits per heavy atom. The highest BCUT2D eigenvalue weighted by molar-refractivity contribution is 5.95. The summed E-state index contributed by atoms with van der Waals surface area (Å²) in [6.07, 6.45) is -4.65. The fourth-order valence-electron chi connectivity index (χ4n) is 1.86. The topological polar surface area (TPSA) is 64.9 Å². The smallest absolute Gasteiger partial charge is 0.298 e. The van der Waals surface area contributed by atoms with Crippen molar-refractivity contribution in [3.63, 3.8) is 0 Å². The number of hydrogen-bond acceptors (Lipinski definition) is 3. The molecule has 0 heterocycles. The maximum absolute atomic E-state index is 13.0. The van der Waals surface area contributed by atoms with E-state index in [0.717, 1.165) is 17.7 Å². The number of amides is 1. The maximum Gasteiger partial charge on any atom is 0.418 e. The van der Waals surface area contributed by atoms with E-state index in [4.69, 9.17) is 5.26 Å². The number of alkyl halides is 3. The lowest BCUT2D eigenvalue weighted by atomic mass is 10.1. The fourth-order valence-corrected chi connectivity index (χ4v) is 1.86. The number of nitriles is 1. The summed E-state index contributed by atoms with van der Waals surface area (Å²) in [7, 11) is 0. The number of rotatable bonds is 3. The van der Waals surface area contributed by atoms with Gasteiger partial charge in [-0.1, -0.05) is 17.7 Å². The van der Waals surface area contributed by atoms with Gasteiger partial charge >= 0.3 is 6.18 Å². The van der Waals surface area contributed by atoms with Crippen LogP contribution in [0.15, 0.2) is 42.5 Å². The van der Waals surface area contributed by atoms with Crippen LogP contribution >= 0.6 is 0 Å². The molecule has 0 radical (unpaired) electrons. The Labute approximate surface area is 130 Å². The van der Waals surface area contributed by atoms with Gasteiger partial charge < -0.3 is 0 Å². The van der Waals surface area contributed by atoms with Crippen LogP contribution < -0.4 is 10.9 Å². The standard InChI is InChI=1S/C16H12F3N3O/c1-10-2-5-12(6-3-10)15(23)22-21-14-7-4-11(9-20)8-13(14)16(17,18)19/h2-8,21H,1H3,(H,22,23). The van der Waals surface area contributed by atoms with E-state index in [-0.39, 0.29) is 11.3 Å². The third kappa shape index (κ3) is 4.01. The van der Waals surface area contributed by atoms with Gasteiger partial charge in [0, 0.05) is 5.56 Å². The molecule has 0 aliphatic heterocycles. The molecule has 0 aliphatic carbocycles. The molecule has 0 spiro atoms. The predicted octanol–water partition coefficient (Wildman–Crippen LogP) is 3.64. The van der Waals surface area contributed by atoms with E-state index < -0.39 is 17.6 Å². The SMILES string of the molecule is Cc1ccc(C(=O)NNc2ccc(C#N)cc2C(F)(F)F)cc1.